The molecule has 0 unspecified atom stereocenters. The molecule has 1 N–H and O–H groups in total. The summed E-state index contributed by atoms with van der Waals surface area (Å²) >= 11 is 0. The molecule has 5 heteroatoms. The standard InChI is InChI=1S/C11H12N4O/c1-15-7-9(14-8-15)6-13-11(16)10-4-2-3-5-12-10/h2-5,7-8H,6H2,1H3,(H,13,16). The van der Waals surface area contributed by atoms with Gasteiger partial charge in [0.15, 0.2) is 0 Å². The van der Waals surface area contributed by atoms with Crippen LogP contribution >= 0.6 is 0 Å². The fraction of sp³-hybridized carbons (Fsp3) is 0.182. The molecule has 0 aliphatic rings. The number of carbonyl (C=O) groups is 1. The predicted molar refractivity (Wildman–Crippen MR) is 58.6 cm³/mol. The zero-order valence-electron chi connectivity index (χ0n) is 8.92. The van der Waals surface area contributed by atoms with Gasteiger partial charge in [0.1, 0.15) is 5.69 Å². The van der Waals surface area contributed by atoms with E-state index in [1.807, 2.05) is 17.8 Å². The summed E-state index contributed by atoms with van der Waals surface area (Å²) in [7, 11) is 1.89. The Hall–Kier alpha value is -2.17. The second kappa shape index (κ2) is 4.57. The summed E-state index contributed by atoms with van der Waals surface area (Å²) in [6, 6.07) is 5.23. The molecule has 0 saturated heterocycles. The van der Waals surface area contributed by atoms with E-state index in [0.29, 0.717) is 12.2 Å². The van der Waals surface area contributed by atoms with Crippen molar-refractivity contribution < 1.29 is 4.79 Å². The van der Waals surface area contributed by atoms with Gasteiger partial charge >= 0.3 is 0 Å². The van der Waals surface area contributed by atoms with E-state index in [0.717, 1.165) is 5.69 Å². The van der Waals surface area contributed by atoms with Gasteiger partial charge in [-0.25, -0.2) is 4.98 Å². The molecule has 2 aromatic rings. The van der Waals surface area contributed by atoms with Gasteiger partial charge in [0.05, 0.1) is 18.6 Å². The maximum atomic E-state index is 11.6. The van der Waals surface area contributed by atoms with Gasteiger partial charge in [-0.1, -0.05) is 6.07 Å². The van der Waals surface area contributed by atoms with Crippen LogP contribution in [0, 0.1) is 0 Å². The number of carbonyl (C=O) groups excluding carboxylic acids is 1. The maximum absolute atomic E-state index is 11.6. The van der Waals surface area contributed by atoms with Crippen LogP contribution in [0.2, 0.25) is 0 Å². The molecule has 0 saturated carbocycles. The minimum absolute atomic E-state index is 0.189. The highest BCUT2D eigenvalue weighted by molar-refractivity contribution is 5.92. The van der Waals surface area contributed by atoms with Crippen molar-refractivity contribution in [2.75, 3.05) is 0 Å². The molecule has 0 radical (unpaired) electrons. The summed E-state index contributed by atoms with van der Waals surface area (Å²) in [6.07, 6.45) is 5.15. The monoisotopic (exact) mass is 216 g/mol. The number of rotatable bonds is 3. The smallest absolute Gasteiger partial charge is 0.270 e. The minimum atomic E-state index is -0.189. The summed E-state index contributed by atoms with van der Waals surface area (Å²) < 4.78 is 1.84. The lowest BCUT2D eigenvalue weighted by molar-refractivity contribution is 0.0945. The van der Waals surface area contributed by atoms with Gasteiger partial charge in [0.2, 0.25) is 0 Å². The van der Waals surface area contributed by atoms with Crippen LogP contribution in [0.15, 0.2) is 36.9 Å². The molecule has 16 heavy (non-hydrogen) atoms. The Kier molecular flexibility index (Phi) is 2.95. The molecule has 0 atom stereocenters. The Bertz CT molecular complexity index is 478. The number of imidazole rings is 1. The normalized spacial score (nSPS) is 10.1. The molecule has 5 nitrogen and oxygen atoms in total. The SMILES string of the molecule is Cn1cnc(CNC(=O)c2ccccn2)c1. The van der Waals surface area contributed by atoms with Crippen LogP contribution in [-0.4, -0.2) is 20.4 Å². The number of pyridine rings is 1. The zero-order valence-corrected chi connectivity index (χ0v) is 8.92. The fourth-order valence-corrected chi connectivity index (χ4v) is 1.32. The topological polar surface area (TPSA) is 59.8 Å². The Morgan fingerprint density at radius 1 is 1.44 bits per heavy atom. The molecular weight excluding hydrogens is 204 g/mol. The lowest BCUT2D eigenvalue weighted by atomic mass is 10.3. The summed E-state index contributed by atoms with van der Waals surface area (Å²) in [5.74, 6) is -0.189. The zero-order chi connectivity index (χ0) is 11.4. The third kappa shape index (κ3) is 2.44. The van der Waals surface area contributed by atoms with E-state index in [9.17, 15) is 4.79 Å². The van der Waals surface area contributed by atoms with Crippen molar-refractivity contribution >= 4 is 5.91 Å². The van der Waals surface area contributed by atoms with Gasteiger partial charge in [-0.05, 0) is 12.1 Å². The average molecular weight is 216 g/mol. The van der Waals surface area contributed by atoms with E-state index < -0.39 is 0 Å². The van der Waals surface area contributed by atoms with Gasteiger partial charge in [-0.15, -0.1) is 0 Å². The van der Waals surface area contributed by atoms with Crippen LogP contribution in [0.4, 0.5) is 0 Å². The summed E-state index contributed by atoms with van der Waals surface area (Å²) in [4.78, 5) is 19.7. The van der Waals surface area contributed by atoms with Gasteiger partial charge in [0.25, 0.3) is 5.91 Å². The average Bonchev–Trinajstić information content (AvgIpc) is 2.73. The summed E-state index contributed by atoms with van der Waals surface area (Å²) in [6.45, 7) is 0.413. The van der Waals surface area contributed by atoms with Gasteiger partial charge in [-0.3, -0.25) is 9.78 Å². The van der Waals surface area contributed by atoms with Gasteiger partial charge in [-0.2, -0.15) is 0 Å². The van der Waals surface area contributed by atoms with E-state index in [-0.39, 0.29) is 5.91 Å². The lowest BCUT2D eigenvalue weighted by Crippen LogP contribution is -2.23. The number of aryl methyl sites for hydroxylation is 1. The van der Waals surface area contributed by atoms with Gasteiger partial charge in [0, 0.05) is 19.4 Å². The number of amides is 1. The molecular formula is C11H12N4O. The molecule has 2 rings (SSSR count). The molecule has 0 aromatic carbocycles. The van der Waals surface area contributed by atoms with Crippen molar-refractivity contribution in [3.63, 3.8) is 0 Å². The number of aromatic nitrogens is 3. The lowest BCUT2D eigenvalue weighted by Gasteiger charge is -2.01. The Balaban J connectivity index is 1.94. The molecule has 0 aliphatic heterocycles. The van der Waals surface area contributed by atoms with Crippen molar-refractivity contribution in [3.05, 3.63) is 48.3 Å². The molecule has 0 aliphatic carbocycles. The second-order valence-corrected chi connectivity index (χ2v) is 3.43. The first kappa shape index (κ1) is 10.4. The first-order valence-electron chi connectivity index (χ1n) is 4.92. The highest BCUT2D eigenvalue weighted by Gasteiger charge is 2.05. The van der Waals surface area contributed by atoms with Crippen LogP contribution in [0.1, 0.15) is 16.2 Å². The highest BCUT2D eigenvalue weighted by Crippen LogP contribution is 1.96. The van der Waals surface area contributed by atoms with E-state index >= 15 is 0 Å². The third-order valence-electron chi connectivity index (χ3n) is 2.09. The van der Waals surface area contributed by atoms with Crippen LogP contribution in [0.25, 0.3) is 0 Å². The molecule has 2 aromatic heterocycles. The molecule has 0 bridgehead atoms. The Morgan fingerprint density at radius 3 is 2.94 bits per heavy atom. The predicted octanol–water partition coefficient (Wildman–Crippen LogP) is 0.745. The molecule has 2 heterocycles. The third-order valence-corrected chi connectivity index (χ3v) is 2.09. The van der Waals surface area contributed by atoms with E-state index in [4.69, 9.17) is 0 Å². The van der Waals surface area contributed by atoms with E-state index in [2.05, 4.69) is 15.3 Å². The minimum Gasteiger partial charge on any atom is -0.345 e. The summed E-state index contributed by atoms with van der Waals surface area (Å²) in [5, 5.41) is 2.75. The van der Waals surface area contributed by atoms with Crippen LogP contribution in [0.3, 0.4) is 0 Å². The molecule has 1 amide bonds. The fourth-order valence-electron chi connectivity index (χ4n) is 1.32. The Labute approximate surface area is 93.2 Å². The maximum Gasteiger partial charge on any atom is 0.270 e. The van der Waals surface area contributed by atoms with Crippen molar-refractivity contribution in [3.8, 4) is 0 Å². The number of nitrogens with one attached hydrogen (secondary N) is 1. The highest BCUT2D eigenvalue weighted by atomic mass is 16.1. The van der Waals surface area contributed by atoms with Crippen LogP contribution < -0.4 is 5.32 Å². The Morgan fingerprint density at radius 2 is 2.31 bits per heavy atom. The number of nitrogens with zero attached hydrogens (tertiary/aromatic N) is 3. The molecule has 82 valence electrons. The van der Waals surface area contributed by atoms with Crippen molar-refractivity contribution in [1.82, 2.24) is 19.9 Å². The van der Waals surface area contributed by atoms with Crippen molar-refractivity contribution in [2.45, 2.75) is 6.54 Å². The number of hydrogen-bond donors (Lipinski definition) is 1. The molecule has 0 fully saturated rings. The summed E-state index contributed by atoms with van der Waals surface area (Å²) in [5.41, 5.74) is 1.24. The van der Waals surface area contributed by atoms with Crippen molar-refractivity contribution in [1.29, 1.82) is 0 Å². The van der Waals surface area contributed by atoms with E-state index in [1.54, 1.807) is 30.7 Å². The molecule has 0 spiro atoms. The van der Waals surface area contributed by atoms with Gasteiger partial charge < -0.3 is 9.88 Å². The van der Waals surface area contributed by atoms with E-state index in [1.165, 1.54) is 0 Å². The largest absolute Gasteiger partial charge is 0.345 e. The van der Waals surface area contributed by atoms with Crippen molar-refractivity contribution in [2.24, 2.45) is 7.05 Å². The number of hydrogen-bond acceptors (Lipinski definition) is 3. The van der Waals surface area contributed by atoms with Crippen LogP contribution in [-0.2, 0) is 13.6 Å². The second-order valence-electron chi connectivity index (χ2n) is 3.43. The quantitative estimate of drug-likeness (QED) is 0.823. The van der Waals surface area contributed by atoms with Crippen LogP contribution in [0.5, 0.6) is 0 Å². The first-order chi connectivity index (χ1) is 7.75. The first-order valence-corrected chi connectivity index (χ1v) is 4.92.